The Hall–Kier alpha value is -1.40. The van der Waals surface area contributed by atoms with Crippen molar-refractivity contribution in [2.24, 2.45) is 5.92 Å². The number of nitrogens with zero attached hydrogens (tertiary/aromatic N) is 2. The van der Waals surface area contributed by atoms with Gasteiger partial charge < -0.3 is 10.4 Å². The SMILES string of the molecule is CC(CO)CNc1cc([N+](=O)[O-])cc(Cl)n1. The van der Waals surface area contributed by atoms with Crippen molar-refractivity contribution in [3.8, 4) is 0 Å². The van der Waals surface area contributed by atoms with Gasteiger partial charge in [0.2, 0.25) is 0 Å². The van der Waals surface area contributed by atoms with Gasteiger partial charge in [0, 0.05) is 13.2 Å². The number of pyridine rings is 1. The van der Waals surface area contributed by atoms with Crippen molar-refractivity contribution in [2.75, 3.05) is 18.5 Å². The van der Waals surface area contributed by atoms with Gasteiger partial charge in [0.15, 0.2) is 0 Å². The van der Waals surface area contributed by atoms with Crippen LogP contribution in [0.4, 0.5) is 11.5 Å². The van der Waals surface area contributed by atoms with Gasteiger partial charge in [-0.05, 0) is 5.92 Å². The van der Waals surface area contributed by atoms with E-state index >= 15 is 0 Å². The molecule has 7 heteroatoms. The second kappa shape index (κ2) is 5.62. The molecule has 1 atom stereocenters. The van der Waals surface area contributed by atoms with Gasteiger partial charge in [-0.25, -0.2) is 4.98 Å². The first-order chi connectivity index (χ1) is 7.52. The van der Waals surface area contributed by atoms with Crippen molar-refractivity contribution in [3.63, 3.8) is 0 Å². The molecule has 1 aromatic rings. The van der Waals surface area contributed by atoms with Crippen LogP contribution in [-0.4, -0.2) is 28.2 Å². The summed E-state index contributed by atoms with van der Waals surface area (Å²) in [5.41, 5.74) is -0.112. The molecule has 2 N–H and O–H groups in total. The zero-order valence-electron chi connectivity index (χ0n) is 8.68. The predicted molar refractivity (Wildman–Crippen MR) is 60.6 cm³/mol. The first-order valence-corrected chi connectivity index (χ1v) is 5.07. The average molecular weight is 246 g/mol. The molecule has 16 heavy (non-hydrogen) atoms. The van der Waals surface area contributed by atoms with E-state index < -0.39 is 4.92 Å². The van der Waals surface area contributed by atoms with E-state index in [1.165, 1.54) is 12.1 Å². The van der Waals surface area contributed by atoms with E-state index in [4.69, 9.17) is 16.7 Å². The van der Waals surface area contributed by atoms with Gasteiger partial charge >= 0.3 is 0 Å². The van der Waals surface area contributed by atoms with Crippen molar-refractivity contribution >= 4 is 23.1 Å². The molecule has 0 aliphatic heterocycles. The molecule has 0 radical (unpaired) electrons. The summed E-state index contributed by atoms with van der Waals surface area (Å²) in [6, 6.07) is 2.48. The van der Waals surface area contributed by atoms with Gasteiger partial charge in [0.1, 0.15) is 11.0 Å². The van der Waals surface area contributed by atoms with Crippen LogP contribution in [0.25, 0.3) is 0 Å². The summed E-state index contributed by atoms with van der Waals surface area (Å²) >= 11 is 5.64. The van der Waals surface area contributed by atoms with Gasteiger partial charge in [0.05, 0.1) is 17.1 Å². The second-order valence-corrected chi connectivity index (χ2v) is 3.85. The number of hydrogen-bond acceptors (Lipinski definition) is 5. The van der Waals surface area contributed by atoms with E-state index in [1.807, 2.05) is 6.92 Å². The number of hydrogen-bond donors (Lipinski definition) is 2. The van der Waals surface area contributed by atoms with Crippen molar-refractivity contribution < 1.29 is 10.0 Å². The highest BCUT2D eigenvalue weighted by Gasteiger charge is 2.10. The zero-order chi connectivity index (χ0) is 12.1. The Bertz CT molecular complexity index is 386. The minimum atomic E-state index is -0.534. The Balaban J connectivity index is 2.76. The molecule has 1 aromatic heterocycles. The minimum Gasteiger partial charge on any atom is -0.396 e. The van der Waals surface area contributed by atoms with Crippen LogP contribution < -0.4 is 5.32 Å². The van der Waals surface area contributed by atoms with Gasteiger partial charge in [-0.3, -0.25) is 10.1 Å². The highest BCUT2D eigenvalue weighted by atomic mass is 35.5. The zero-order valence-corrected chi connectivity index (χ0v) is 9.44. The molecule has 88 valence electrons. The maximum absolute atomic E-state index is 10.6. The van der Waals surface area contributed by atoms with Crippen LogP contribution in [0.3, 0.4) is 0 Å². The minimum absolute atomic E-state index is 0.0374. The maximum Gasteiger partial charge on any atom is 0.276 e. The summed E-state index contributed by atoms with van der Waals surface area (Å²) in [6.07, 6.45) is 0. The van der Waals surface area contributed by atoms with Crippen molar-refractivity contribution in [1.82, 2.24) is 4.98 Å². The fraction of sp³-hybridized carbons (Fsp3) is 0.444. The number of rotatable bonds is 5. The number of halogens is 1. The van der Waals surface area contributed by atoms with Crippen LogP contribution in [0.15, 0.2) is 12.1 Å². The smallest absolute Gasteiger partial charge is 0.276 e. The van der Waals surface area contributed by atoms with E-state index in [9.17, 15) is 10.1 Å². The molecule has 0 spiro atoms. The first-order valence-electron chi connectivity index (χ1n) is 4.69. The standard InChI is InChI=1S/C9H12ClN3O3/c1-6(5-14)4-11-9-3-7(13(15)16)2-8(10)12-9/h2-3,6,14H,4-5H2,1H3,(H,11,12). The third-order valence-electron chi connectivity index (χ3n) is 1.93. The molecule has 0 saturated heterocycles. The molecule has 0 aliphatic carbocycles. The van der Waals surface area contributed by atoms with Gasteiger partial charge in [0.25, 0.3) is 5.69 Å². The fourth-order valence-corrected chi connectivity index (χ4v) is 1.23. The van der Waals surface area contributed by atoms with Crippen molar-refractivity contribution in [2.45, 2.75) is 6.92 Å². The fourth-order valence-electron chi connectivity index (χ4n) is 1.02. The molecule has 0 bridgehead atoms. The Morgan fingerprint density at radius 2 is 2.38 bits per heavy atom. The number of aliphatic hydroxyl groups excluding tert-OH is 1. The lowest BCUT2D eigenvalue weighted by molar-refractivity contribution is -0.384. The topological polar surface area (TPSA) is 88.3 Å². The summed E-state index contributed by atoms with van der Waals surface area (Å²) in [5, 5.41) is 22.3. The van der Waals surface area contributed by atoms with Crippen LogP contribution in [-0.2, 0) is 0 Å². The Labute approximate surface area is 97.4 Å². The Kier molecular flexibility index (Phi) is 4.45. The molecule has 0 saturated carbocycles. The molecule has 0 amide bonds. The summed E-state index contributed by atoms with van der Waals surface area (Å²) in [5.74, 6) is 0.374. The summed E-state index contributed by atoms with van der Waals surface area (Å²) < 4.78 is 0. The largest absolute Gasteiger partial charge is 0.396 e. The first kappa shape index (κ1) is 12.7. The van der Waals surface area contributed by atoms with E-state index in [0.717, 1.165) is 0 Å². The predicted octanol–water partition coefficient (Wildman–Crippen LogP) is 1.68. The maximum atomic E-state index is 10.6. The number of nitrogens with one attached hydrogen (secondary N) is 1. The van der Waals surface area contributed by atoms with Crippen LogP contribution >= 0.6 is 11.6 Å². The molecule has 6 nitrogen and oxygen atoms in total. The lowest BCUT2D eigenvalue weighted by atomic mass is 10.2. The van der Waals surface area contributed by atoms with Crippen molar-refractivity contribution in [3.05, 3.63) is 27.4 Å². The normalized spacial score (nSPS) is 12.2. The third kappa shape index (κ3) is 3.63. The Morgan fingerprint density at radius 1 is 1.69 bits per heavy atom. The highest BCUT2D eigenvalue weighted by Crippen LogP contribution is 2.20. The quantitative estimate of drug-likeness (QED) is 0.468. The number of anilines is 1. The number of aliphatic hydroxyl groups is 1. The van der Waals surface area contributed by atoms with Crippen LogP contribution in [0.5, 0.6) is 0 Å². The van der Waals surface area contributed by atoms with Crippen LogP contribution in [0, 0.1) is 16.0 Å². The molecular weight excluding hydrogens is 234 g/mol. The average Bonchev–Trinajstić information content (AvgIpc) is 2.25. The molecule has 1 heterocycles. The van der Waals surface area contributed by atoms with E-state index in [1.54, 1.807) is 0 Å². The molecule has 1 unspecified atom stereocenters. The second-order valence-electron chi connectivity index (χ2n) is 3.46. The van der Waals surface area contributed by atoms with Crippen molar-refractivity contribution in [1.29, 1.82) is 0 Å². The number of aromatic nitrogens is 1. The van der Waals surface area contributed by atoms with Crippen LogP contribution in [0.2, 0.25) is 5.15 Å². The van der Waals surface area contributed by atoms with E-state index in [2.05, 4.69) is 10.3 Å². The Morgan fingerprint density at radius 3 is 2.94 bits per heavy atom. The summed E-state index contributed by atoms with van der Waals surface area (Å²) in [4.78, 5) is 13.9. The molecule has 0 aromatic carbocycles. The number of nitro groups is 1. The van der Waals surface area contributed by atoms with Gasteiger partial charge in [-0.15, -0.1) is 0 Å². The monoisotopic (exact) mass is 245 g/mol. The third-order valence-corrected chi connectivity index (χ3v) is 2.13. The van der Waals surface area contributed by atoms with E-state index in [-0.39, 0.29) is 23.4 Å². The van der Waals surface area contributed by atoms with E-state index in [0.29, 0.717) is 12.4 Å². The highest BCUT2D eigenvalue weighted by molar-refractivity contribution is 6.29. The van der Waals surface area contributed by atoms with Gasteiger partial charge in [-0.1, -0.05) is 18.5 Å². The lowest BCUT2D eigenvalue weighted by Gasteiger charge is -2.09. The lowest BCUT2D eigenvalue weighted by Crippen LogP contribution is -2.15. The summed E-state index contributed by atoms with van der Waals surface area (Å²) in [6.45, 7) is 2.35. The molecule has 1 rings (SSSR count). The summed E-state index contributed by atoms with van der Waals surface area (Å²) in [7, 11) is 0. The van der Waals surface area contributed by atoms with Crippen LogP contribution in [0.1, 0.15) is 6.92 Å². The molecule has 0 aliphatic rings. The molecular formula is C9H12ClN3O3. The molecule has 0 fully saturated rings. The van der Waals surface area contributed by atoms with Gasteiger partial charge in [-0.2, -0.15) is 0 Å².